The number of carbonyl (C=O) groups excluding carboxylic acids is 2. The van der Waals surface area contributed by atoms with Crippen molar-refractivity contribution < 1.29 is 14.4 Å². The molecule has 0 heterocycles. The van der Waals surface area contributed by atoms with Gasteiger partial charge < -0.3 is 0 Å². The van der Waals surface area contributed by atoms with Crippen LogP contribution in [0.25, 0.3) is 0 Å². The third kappa shape index (κ3) is 3.82. The minimum Gasteiger partial charge on any atom is -0.294 e. The first-order chi connectivity index (χ1) is 7.63. The number of hydrogen-bond acceptors (Lipinski definition) is 3. The molecule has 1 N–H and O–H groups in total. The molecule has 0 aromatic heterocycles. The minimum absolute atomic E-state index is 0.0359. The highest BCUT2D eigenvalue weighted by Crippen LogP contribution is 2.07. The Morgan fingerprint density at radius 2 is 1.81 bits per heavy atom. The third-order valence-corrected chi connectivity index (χ3v) is 2.17. The zero-order valence-corrected chi connectivity index (χ0v) is 9.45. The van der Waals surface area contributed by atoms with Gasteiger partial charge in [-0.1, -0.05) is 29.8 Å². The predicted octanol–water partition coefficient (Wildman–Crippen LogP) is 1.64. The number of ketones is 1. The number of benzene rings is 1. The normalized spacial score (nSPS) is 9.88. The average molecular weight is 221 g/mol. The van der Waals surface area contributed by atoms with E-state index in [-0.39, 0.29) is 24.5 Å². The van der Waals surface area contributed by atoms with Crippen LogP contribution < -0.4 is 5.48 Å². The van der Waals surface area contributed by atoms with E-state index in [9.17, 15) is 9.59 Å². The highest BCUT2D eigenvalue weighted by Gasteiger charge is 2.08. The maximum atomic E-state index is 11.6. The fourth-order valence-corrected chi connectivity index (χ4v) is 1.28. The van der Waals surface area contributed by atoms with Gasteiger partial charge in [-0.3, -0.25) is 14.4 Å². The fraction of sp³-hybridized carbons (Fsp3) is 0.333. The summed E-state index contributed by atoms with van der Waals surface area (Å²) < 4.78 is 0. The van der Waals surface area contributed by atoms with E-state index in [0.717, 1.165) is 5.56 Å². The summed E-state index contributed by atoms with van der Waals surface area (Å²) in [6.07, 6.45) is 0.332. The molecule has 0 aliphatic heterocycles. The molecule has 0 aliphatic rings. The average Bonchev–Trinajstić information content (AvgIpc) is 2.27. The number of hydroxylamine groups is 1. The van der Waals surface area contributed by atoms with Crippen LogP contribution in [0, 0.1) is 6.92 Å². The van der Waals surface area contributed by atoms with E-state index in [1.165, 1.54) is 7.11 Å². The van der Waals surface area contributed by atoms with E-state index in [4.69, 9.17) is 0 Å². The maximum Gasteiger partial charge on any atom is 0.243 e. The lowest BCUT2D eigenvalue weighted by Gasteiger charge is -2.02. The molecule has 4 heteroatoms. The lowest BCUT2D eigenvalue weighted by Crippen LogP contribution is -2.22. The number of aryl methyl sites for hydroxylation is 1. The van der Waals surface area contributed by atoms with E-state index in [2.05, 4.69) is 10.3 Å². The Hall–Kier alpha value is -1.68. The molecule has 4 nitrogen and oxygen atoms in total. The second kappa shape index (κ2) is 6.02. The lowest BCUT2D eigenvalue weighted by molar-refractivity contribution is -0.131. The number of hydrogen-bond donors (Lipinski definition) is 1. The number of Topliss-reactive ketones (excluding diaryl/α,β-unsaturated/α-hetero) is 1. The third-order valence-electron chi connectivity index (χ3n) is 2.17. The molecule has 0 atom stereocenters. The summed E-state index contributed by atoms with van der Waals surface area (Å²) in [6.45, 7) is 1.96. The molecule has 16 heavy (non-hydrogen) atoms. The number of carbonyl (C=O) groups is 2. The van der Waals surface area contributed by atoms with Gasteiger partial charge in [0.15, 0.2) is 5.78 Å². The van der Waals surface area contributed by atoms with Crippen molar-refractivity contribution in [3.05, 3.63) is 35.4 Å². The second-order valence-corrected chi connectivity index (χ2v) is 3.52. The van der Waals surface area contributed by atoms with Crippen LogP contribution >= 0.6 is 0 Å². The standard InChI is InChI=1S/C12H15NO3/c1-9-3-5-10(6-4-9)11(14)7-8-12(15)13-16-2/h3-6H,7-8H2,1-2H3,(H,13,15). The van der Waals surface area contributed by atoms with Crippen LogP contribution in [0.5, 0.6) is 0 Å². The molecule has 0 saturated carbocycles. The first-order valence-electron chi connectivity index (χ1n) is 5.05. The summed E-state index contributed by atoms with van der Waals surface area (Å²) in [5.74, 6) is -0.325. The molecule has 1 aromatic rings. The Balaban J connectivity index is 2.47. The van der Waals surface area contributed by atoms with Gasteiger partial charge in [-0.25, -0.2) is 5.48 Å². The quantitative estimate of drug-likeness (QED) is 0.607. The van der Waals surface area contributed by atoms with Gasteiger partial charge in [0.2, 0.25) is 5.91 Å². The first kappa shape index (κ1) is 12.4. The van der Waals surface area contributed by atoms with Crippen LogP contribution in [0.3, 0.4) is 0 Å². The zero-order chi connectivity index (χ0) is 12.0. The smallest absolute Gasteiger partial charge is 0.243 e. The van der Waals surface area contributed by atoms with Gasteiger partial charge in [-0.15, -0.1) is 0 Å². The van der Waals surface area contributed by atoms with Crippen LogP contribution in [-0.2, 0) is 9.63 Å². The number of amides is 1. The largest absolute Gasteiger partial charge is 0.294 e. The molecular weight excluding hydrogens is 206 g/mol. The van der Waals surface area contributed by atoms with Gasteiger partial charge in [-0.2, -0.15) is 0 Å². The highest BCUT2D eigenvalue weighted by atomic mass is 16.6. The summed E-state index contributed by atoms with van der Waals surface area (Å²) >= 11 is 0. The zero-order valence-electron chi connectivity index (χ0n) is 9.45. The van der Waals surface area contributed by atoms with Crippen molar-refractivity contribution >= 4 is 11.7 Å². The molecule has 0 radical (unpaired) electrons. The molecule has 0 saturated heterocycles. The Kier molecular flexibility index (Phi) is 4.66. The van der Waals surface area contributed by atoms with Crippen molar-refractivity contribution in [2.24, 2.45) is 0 Å². The summed E-state index contributed by atoms with van der Waals surface area (Å²) in [4.78, 5) is 27.1. The van der Waals surface area contributed by atoms with Crippen molar-refractivity contribution in [3.63, 3.8) is 0 Å². The fourth-order valence-electron chi connectivity index (χ4n) is 1.28. The monoisotopic (exact) mass is 221 g/mol. The molecule has 0 fully saturated rings. The van der Waals surface area contributed by atoms with Crippen molar-refractivity contribution in [1.29, 1.82) is 0 Å². The topological polar surface area (TPSA) is 55.4 Å². The Morgan fingerprint density at radius 3 is 2.38 bits per heavy atom. The molecule has 86 valence electrons. The molecule has 0 unspecified atom stereocenters. The number of nitrogens with one attached hydrogen (secondary N) is 1. The van der Waals surface area contributed by atoms with Crippen LogP contribution in [0.2, 0.25) is 0 Å². The van der Waals surface area contributed by atoms with Crippen molar-refractivity contribution in [3.8, 4) is 0 Å². The van der Waals surface area contributed by atoms with Gasteiger partial charge in [0.1, 0.15) is 0 Å². The van der Waals surface area contributed by atoms with Crippen molar-refractivity contribution in [1.82, 2.24) is 5.48 Å². The SMILES string of the molecule is CONC(=O)CCC(=O)c1ccc(C)cc1. The first-order valence-corrected chi connectivity index (χ1v) is 5.05. The van der Waals surface area contributed by atoms with E-state index in [1.54, 1.807) is 12.1 Å². The van der Waals surface area contributed by atoms with Crippen LogP contribution in [0.15, 0.2) is 24.3 Å². The van der Waals surface area contributed by atoms with Crippen molar-refractivity contribution in [2.45, 2.75) is 19.8 Å². The van der Waals surface area contributed by atoms with Crippen molar-refractivity contribution in [2.75, 3.05) is 7.11 Å². The van der Waals surface area contributed by atoms with Gasteiger partial charge in [0.05, 0.1) is 7.11 Å². The summed E-state index contributed by atoms with van der Waals surface area (Å²) in [7, 11) is 1.36. The molecule has 0 spiro atoms. The van der Waals surface area contributed by atoms with Gasteiger partial charge >= 0.3 is 0 Å². The molecule has 0 aliphatic carbocycles. The van der Waals surface area contributed by atoms with Crippen LogP contribution in [0.1, 0.15) is 28.8 Å². The molecule has 0 bridgehead atoms. The molecule has 1 aromatic carbocycles. The van der Waals surface area contributed by atoms with Gasteiger partial charge in [0, 0.05) is 18.4 Å². The van der Waals surface area contributed by atoms with E-state index in [0.29, 0.717) is 5.56 Å². The van der Waals surface area contributed by atoms with E-state index >= 15 is 0 Å². The molecule has 1 amide bonds. The predicted molar refractivity (Wildman–Crippen MR) is 59.9 cm³/mol. The van der Waals surface area contributed by atoms with Gasteiger partial charge in [0.25, 0.3) is 0 Å². The van der Waals surface area contributed by atoms with Crippen LogP contribution in [0.4, 0.5) is 0 Å². The van der Waals surface area contributed by atoms with Crippen LogP contribution in [-0.4, -0.2) is 18.8 Å². The minimum atomic E-state index is -0.289. The number of rotatable bonds is 5. The summed E-state index contributed by atoms with van der Waals surface area (Å²) in [5, 5.41) is 0. The Labute approximate surface area is 94.6 Å². The molecular formula is C12H15NO3. The highest BCUT2D eigenvalue weighted by molar-refractivity contribution is 5.97. The summed E-state index contributed by atoms with van der Waals surface area (Å²) in [5.41, 5.74) is 3.91. The Morgan fingerprint density at radius 1 is 1.19 bits per heavy atom. The summed E-state index contributed by atoms with van der Waals surface area (Å²) in [6, 6.07) is 7.29. The second-order valence-electron chi connectivity index (χ2n) is 3.52. The van der Waals surface area contributed by atoms with Gasteiger partial charge in [-0.05, 0) is 6.92 Å². The van der Waals surface area contributed by atoms with E-state index < -0.39 is 0 Å². The molecule has 1 rings (SSSR count). The van der Waals surface area contributed by atoms with E-state index in [1.807, 2.05) is 19.1 Å². The lowest BCUT2D eigenvalue weighted by atomic mass is 10.1. The Bertz CT molecular complexity index is 370. The maximum absolute atomic E-state index is 11.6.